The molecule has 3 aliphatic rings. The number of hydrogen-bond acceptors (Lipinski definition) is 6. The molecule has 0 saturated carbocycles. The van der Waals surface area contributed by atoms with E-state index in [9.17, 15) is 19.5 Å². The number of ether oxygens (including phenoxy) is 2. The number of allylic oxidation sites excluding steroid dienone is 1. The van der Waals surface area contributed by atoms with Gasteiger partial charge in [-0.05, 0) is 50.3 Å². The van der Waals surface area contributed by atoms with E-state index in [2.05, 4.69) is 13.2 Å². The first kappa shape index (κ1) is 30.0. The van der Waals surface area contributed by atoms with Crippen molar-refractivity contribution in [1.29, 1.82) is 0 Å². The highest BCUT2D eigenvalue weighted by Gasteiger charge is 2.79. The number of halogens is 1. The van der Waals surface area contributed by atoms with Gasteiger partial charge in [-0.1, -0.05) is 66.2 Å². The molecule has 2 aromatic rings. The Morgan fingerprint density at radius 1 is 1.17 bits per heavy atom. The number of fused-ring (bicyclic) bond motifs is 1. The lowest BCUT2D eigenvalue weighted by atomic mass is 9.66. The normalized spacial score (nSPS) is 28.3. The minimum Gasteiger partial charge on any atom is -0.465 e. The highest BCUT2D eigenvalue weighted by atomic mass is 35.5. The first-order valence-electron chi connectivity index (χ1n) is 14.4. The van der Waals surface area contributed by atoms with Crippen molar-refractivity contribution in [2.45, 2.75) is 55.9 Å². The molecular formula is C33H37ClN2O6. The number of likely N-dealkylation sites (tertiary alicyclic amines) is 1. The van der Waals surface area contributed by atoms with Gasteiger partial charge >= 0.3 is 5.97 Å². The molecule has 8 nitrogen and oxygen atoms in total. The van der Waals surface area contributed by atoms with Crippen molar-refractivity contribution in [2.24, 2.45) is 11.8 Å². The van der Waals surface area contributed by atoms with Gasteiger partial charge in [0.05, 0.1) is 41.5 Å². The average Bonchev–Trinajstić information content (AvgIpc) is 3.56. The molecule has 3 heterocycles. The van der Waals surface area contributed by atoms with Crippen LogP contribution in [0.4, 0.5) is 5.69 Å². The predicted octanol–water partition coefficient (Wildman–Crippen LogP) is 4.87. The van der Waals surface area contributed by atoms with E-state index in [1.54, 1.807) is 36.4 Å². The number of amides is 2. The molecule has 5 rings (SSSR count). The molecule has 222 valence electrons. The van der Waals surface area contributed by atoms with E-state index in [1.807, 2.05) is 37.3 Å². The number of carbonyl (C=O) groups is 3. The molecule has 1 N–H and O–H groups in total. The average molecular weight is 593 g/mol. The van der Waals surface area contributed by atoms with E-state index >= 15 is 0 Å². The molecule has 6 atom stereocenters. The number of benzene rings is 2. The maximum Gasteiger partial charge on any atom is 0.312 e. The van der Waals surface area contributed by atoms with Gasteiger partial charge in [0.15, 0.2) is 0 Å². The highest BCUT2D eigenvalue weighted by Crippen LogP contribution is 2.64. The summed E-state index contributed by atoms with van der Waals surface area (Å²) < 4.78 is 12.4. The number of aliphatic hydroxyl groups is 1. The maximum atomic E-state index is 14.8. The molecule has 2 unspecified atom stereocenters. The van der Waals surface area contributed by atoms with Crippen molar-refractivity contribution in [3.8, 4) is 0 Å². The Labute approximate surface area is 251 Å². The summed E-state index contributed by atoms with van der Waals surface area (Å²) >= 11 is 6.55. The molecule has 2 amide bonds. The maximum absolute atomic E-state index is 14.8. The minimum atomic E-state index is -1.30. The second-order valence-corrected chi connectivity index (χ2v) is 11.8. The molecule has 0 radical (unpaired) electrons. The van der Waals surface area contributed by atoms with Crippen molar-refractivity contribution >= 4 is 35.1 Å². The molecule has 3 fully saturated rings. The van der Waals surface area contributed by atoms with Crippen LogP contribution in [0.2, 0.25) is 5.02 Å². The van der Waals surface area contributed by atoms with Gasteiger partial charge in [0.1, 0.15) is 17.6 Å². The van der Waals surface area contributed by atoms with Gasteiger partial charge < -0.3 is 24.4 Å². The van der Waals surface area contributed by atoms with Crippen LogP contribution in [0.5, 0.6) is 0 Å². The molecule has 3 aliphatic heterocycles. The fourth-order valence-electron chi connectivity index (χ4n) is 7.11. The van der Waals surface area contributed by atoms with E-state index < -0.39 is 59.5 Å². The number of aliphatic hydroxyl groups excluding tert-OH is 1. The van der Waals surface area contributed by atoms with Gasteiger partial charge in [0.2, 0.25) is 5.91 Å². The van der Waals surface area contributed by atoms with Gasteiger partial charge in [0, 0.05) is 6.54 Å². The number of hydrogen-bond donors (Lipinski definition) is 1. The summed E-state index contributed by atoms with van der Waals surface area (Å²) in [4.78, 5) is 45.9. The summed E-state index contributed by atoms with van der Waals surface area (Å²) in [6.07, 6.45) is 5.53. The number of esters is 1. The molecule has 42 heavy (non-hydrogen) atoms. The van der Waals surface area contributed by atoms with E-state index in [4.69, 9.17) is 21.1 Å². The van der Waals surface area contributed by atoms with Gasteiger partial charge in [-0.3, -0.25) is 14.4 Å². The first-order chi connectivity index (χ1) is 20.2. The van der Waals surface area contributed by atoms with Crippen LogP contribution in [0.3, 0.4) is 0 Å². The van der Waals surface area contributed by atoms with Crippen LogP contribution in [0.15, 0.2) is 79.9 Å². The summed E-state index contributed by atoms with van der Waals surface area (Å²) in [5, 5.41) is 11.1. The third kappa shape index (κ3) is 4.85. The van der Waals surface area contributed by atoms with Crippen LogP contribution in [0.25, 0.3) is 0 Å². The van der Waals surface area contributed by atoms with Crippen molar-refractivity contribution in [1.82, 2.24) is 4.90 Å². The van der Waals surface area contributed by atoms with E-state index in [0.29, 0.717) is 42.0 Å². The van der Waals surface area contributed by atoms with Gasteiger partial charge in [-0.15, -0.1) is 13.2 Å². The van der Waals surface area contributed by atoms with Crippen molar-refractivity contribution in [3.05, 3.63) is 90.5 Å². The lowest BCUT2D eigenvalue weighted by molar-refractivity contribution is -0.160. The molecule has 0 aromatic heterocycles. The molecule has 2 aromatic carbocycles. The molecular weight excluding hydrogens is 556 g/mol. The molecule has 0 aliphatic carbocycles. The first-order valence-corrected chi connectivity index (χ1v) is 14.7. The van der Waals surface area contributed by atoms with Crippen LogP contribution < -0.4 is 4.90 Å². The van der Waals surface area contributed by atoms with E-state index in [1.165, 1.54) is 9.80 Å². The number of nitrogens with zero attached hydrogens (tertiary/aromatic N) is 2. The smallest absolute Gasteiger partial charge is 0.312 e. The Bertz CT molecular complexity index is 1370. The number of para-hydroxylation sites is 1. The summed E-state index contributed by atoms with van der Waals surface area (Å²) in [5.74, 6) is -3.19. The van der Waals surface area contributed by atoms with E-state index in [0.717, 1.165) is 0 Å². The lowest BCUT2D eigenvalue weighted by Crippen LogP contribution is -2.57. The zero-order chi connectivity index (χ0) is 30.1. The van der Waals surface area contributed by atoms with Gasteiger partial charge in [-0.25, -0.2) is 0 Å². The SMILES string of the molecule is C=CCCCOC(=O)[C@H]1[C@H]2C(=O)N([C@H](CO)c3ccccc3)C(C(=O)N(CC=C)c3ccccc3Cl)C23CC[C@]1(C)O3. The standard InChI is InChI=1S/C33H37ClN2O6/c1-4-6-12-20-41-31(40)27-26-29(38)36(25(21-37)22-13-8-7-9-14-22)28(33(26)18-17-32(27,3)42-33)30(39)35(19-5-2)24-16-11-10-15-23(24)34/h4-5,7-11,13-16,25-28,37H,1-2,6,12,17-21H2,3H3/t25-,26+,27-,28?,32+,33?/m1/s1. The number of unbranched alkanes of at least 4 members (excludes halogenated alkanes) is 1. The Balaban J connectivity index is 1.62. The largest absolute Gasteiger partial charge is 0.465 e. The van der Waals surface area contributed by atoms with Crippen LogP contribution in [0, 0.1) is 11.8 Å². The zero-order valence-corrected chi connectivity index (χ0v) is 24.5. The summed E-state index contributed by atoms with van der Waals surface area (Å²) in [6, 6.07) is 14.1. The summed E-state index contributed by atoms with van der Waals surface area (Å²) in [6.45, 7) is 9.27. The molecule has 3 saturated heterocycles. The quantitative estimate of drug-likeness (QED) is 0.215. The third-order valence-corrected chi connectivity index (χ3v) is 9.23. The monoisotopic (exact) mass is 592 g/mol. The number of carbonyl (C=O) groups excluding carboxylic acids is 3. The third-order valence-electron chi connectivity index (χ3n) is 8.91. The Hall–Kier alpha value is -3.46. The number of rotatable bonds is 12. The van der Waals surface area contributed by atoms with Crippen molar-refractivity contribution in [3.63, 3.8) is 0 Å². The van der Waals surface area contributed by atoms with Crippen LogP contribution in [0.1, 0.15) is 44.2 Å². The molecule has 2 bridgehead atoms. The Morgan fingerprint density at radius 3 is 2.55 bits per heavy atom. The zero-order valence-electron chi connectivity index (χ0n) is 23.8. The topological polar surface area (TPSA) is 96.4 Å². The summed E-state index contributed by atoms with van der Waals surface area (Å²) in [5.41, 5.74) is -1.14. The predicted molar refractivity (Wildman–Crippen MR) is 160 cm³/mol. The fourth-order valence-corrected chi connectivity index (χ4v) is 7.35. The lowest BCUT2D eigenvalue weighted by Gasteiger charge is -2.39. The van der Waals surface area contributed by atoms with Gasteiger partial charge in [-0.2, -0.15) is 0 Å². The van der Waals surface area contributed by atoms with Crippen molar-refractivity contribution < 1.29 is 29.0 Å². The molecule has 9 heteroatoms. The van der Waals surface area contributed by atoms with E-state index in [-0.39, 0.29) is 13.2 Å². The van der Waals surface area contributed by atoms with Crippen LogP contribution in [-0.2, 0) is 23.9 Å². The van der Waals surface area contributed by atoms with Crippen LogP contribution in [-0.4, -0.2) is 64.8 Å². The second kappa shape index (κ2) is 12.0. The number of anilines is 1. The molecule has 1 spiro atoms. The van der Waals surface area contributed by atoms with Gasteiger partial charge in [0.25, 0.3) is 5.91 Å². The fraction of sp³-hybridized carbons (Fsp3) is 0.424. The Kier molecular flexibility index (Phi) is 8.60. The Morgan fingerprint density at radius 2 is 1.88 bits per heavy atom. The minimum absolute atomic E-state index is 0.128. The highest BCUT2D eigenvalue weighted by molar-refractivity contribution is 6.34. The second-order valence-electron chi connectivity index (χ2n) is 11.4. The van der Waals surface area contributed by atoms with Crippen molar-refractivity contribution in [2.75, 3.05) is 24.7 Å². The summed E-state index contributed by atoms with van der Waals surface area (Å²) in [7, 11) is 0. The van der Waals surface area contributed by atoms with Crippen LogP contribution >= 0.6 is 11.6 Å².